The minimum Gasteiger partial charge on any atom is -0.0771 e. The Labute approximate surface area is 91.3 Å². The van der Waals surface area contributed by atoms with Gasteiger partial charge in [-0.2, -0.15) is 0 Å². The van der Waals surface area contributed by atoms with Crippen LogP contribution in [0.4, 0.5) is 0 Å². The fourth-order valence-corrected chi connectivity index (χ4v) is 2.54. The average molecular weight is 192 g/mol. The molecule has 0 aromatic rings. The van der Waals surface area contributed by atoms with Crippen LogP contribution >= 0.6 is 0 Å². The van der Waals surface area contributed by atoms with Crippen molar-refractivity contribution in [2.24, 2.45) is 11.8 Å². The Morgan fingerprint density at radius 1 is 0.786 bits per heavy atom. The Morgan fingerprint density at radius 3 is 2.21 bits per heavy atom. The van der Waals surface area contributed by atoms with Gasteiger partial charge in [-0.15, -0.1) is 0 Å². The van der Waals surface area contributed by atoms with Gasteiger partial charge in [-0.3, -0.25) is 0 Å². The second-order valence-electron chi connectivity index (χ2n) is 5.42. The molecule has 0 amide bonds. The minimum absolute atomic E-state index is 0.471. The molecule has 80 valence electrons. The van der Waals surface area contributed by atoms with Crippen molar-refractivity contribution in [2.45, 2.75) is 71.0 Å². The third kappa shape index (κ3) is 5.07. The first-order valence-electron chi connectivity index (χ1n) is 6.44. The molecule has 0 aromatic carbocycles. The normalized spacial score (nSPS) is 37.4. The third-order valence-electron chi connectivity index (χ3n) is 3.63. The van der Waals surface area contributed by atoms with Crippen molar-refractivity contribution >= 4 is 7.85 Å². The lowest BCUT2D eigenvalue weighted by Gasteiger charge is -2.17. The van der Waals surface area contributed by atoms with Gasteiger partial charge in [-0.25, -0.2) is 0 Å². The van der Waals surface area contributed by atoms with Crippen molar-refractivity contribution in [1.29, 1.82) is 0 Å². The van der Waals surface area contributed by atoms with Crippen molar-refractivity contribution in [3.05, 3.63) is 0 Å². The fraction of sp³-hybridized carbons (Fsp3) is 1.00. The van der Waals surface area contributed by atoms with E-state index in [1.807, 2.05) is 0 Å². The zero-order valence-corrected chi connectivity index (χ0v) is 9.97. The second-order valence-corrected chi connectivity index (χ2v) is 5.42. The number of hydrogen-bond donors (Lipinski definition) is 0. The van der Waals surface area contributed by atoms with Gasteiger partial charge in [0.15, 0.2) is 0 Å². The van der Waals surface area contributed by atoms with E-state index in [0.717, 1.165) is 11.8 Å². The summed E-state index contributed by atoms with van der Waals surface area (Å²) in [4.78, 5) is 0. The molecule has 0 N–H and O–H groups in total. The number of hydrogen-bond acceptors (Lipinski definition) is 0. The Kier molecular flexibility index (Phi) is 5.66. The molecule has 0 nitrogen and oxygen atoms in total. The molecule has 0 saturated heterocycles. The first-order valence-corrected chi connectivity index (χ1v) is 6.44. The van der Waals surface area contributed by atoms with Crippen LogP contribution in [-0.2, 0) is 0 Å². The van der Waals surface area contributed by atoms with Crippen molar-refractivity contribution in [2.75, 3.05) is 0 Å². The van der Waals surface area contributed by atoms with Gasteiger partial charge < -0.3 is 0 Å². The molecular weight excluding hydrogens is 167 g/mol. The molecule has 0 aliphatic heterocycles. The quantitative estimate of drug-likeness (QED) is 0.500. The van der Waals surface area contributed by atoms with Gasteiger partial charge in [0.2, 0.25) is 0 Å². The summed E-state index contributed by atoms with van der Waals surface area (Å²) in [5.74, 6) is 2.25. The van der Waals surface area contributed by atoms with Crippen LogP contribution in [0.1, 0.15) is 65.2 Å². The van der Waals surface area contributed by atoms with E-state index in [1.54, 1.807) is 0 Å². The molecule has 0 spiro atoms. The standard InChI is InChI=1S/C13H25B/c1-11-6-4-3-5-7-13(14)10-12(2)9-8-11/h11-13H,3-10H2,1-2H3. The second kappa shape index (κ2) is 6.53. The van der Waals surface area contributed by atoms with Gasteiger partial charge in [-0.1, -0.05) is 71.0 Å². The lowest BCUT2D eigenvalue weighted by Crippen LogP contribution is -2.03. The summed E-state index contributed by atoms with van der Waals surface area (Å²) in [6.45, 7) is 4.77. The highest BCUT2D eigenvalue weighted by Gasteiger charge is 2.12. The van der Waals surface area contributed by atoms with Crippen LogP contribution in [0.3, 0.4) is 0 Å². The highest BCUT2D eigenvalue weighted by atomic mass is 14.2. The molecule has 2 radical (unpaired) electrons. The lowest BCUT2D eigenvalue weighted by atomic mass is 9.76. The summed E-state index contributed by atoms with van der Waals surface area (Å²) in [7, 11) is 6.10. The van der Waals surface area contributed by atoms with Crippen LogP contribution in [-0.4, -0.2) is 7.85 Å². The Hall–Kier alpha value is 0.0649. The Balaban J connectivity index is 2.34. The van der Waals surface area contributed by atoms with Gasteiger partial charge in [0.05, 0.1) is 7.85 Å². The summed E-state index contributed by atoms with van der Waals surface area (Å²) in [6.07, 6.45) is 10.9. The average Bonchev–Trinajstić information content (AvgIpc) is 2.15. The van der Waals surface area contributed by atoms with Crippen molar-refractivity contribution in [3.8, 4) is 0 Å². The SMILES string of the molecule is [B]C1CCCCCC(C)CCC(C)C1. The lowest BCUT2D eigenvalue weighted by molar-refractivity contribution is 0.393. The van der Waals surface area contributed by atoms with Crippen molar-refractivity contribution in [1.82, 2.24) is 0 Å². The Bertz CT molecular complexity index is 144. The molecule has 1 fully saturated rings. The molecule has 3 atom stereocenters. The summed E-state index contributed by atoms with van der Waals surface area (Å²) in [6, 6.07) is 0. The maximum absolute atomic E-state index is 6.10. The zero-order chi connectivity index (χ0) is 10.4. The predicted molar refractivity (Wildman–Crippen MR) is 64.8 cm³/mol. The van der Waals surface area contributed by atoms with Crippen LogP contribution in [0, 0.1) is 11.8 Å². The van der Waals surface area contributed by atoms with Gasteiger partial charge in [0, 0.05) is 0 Å². The first kappa shape index (κ1) is 12.1. The summed E-state index contributed by atoms with van der Waals surface area (Å²) >= 11 is 0. The summed E-state index contributed by atoms with van der Waals surface area (Å²) < 4.78 is 0. The highest BCUT2D eigenvalue weighted by molar-refractivity contribution is 6.11. The molecule has 14 heavy (non-hydrogen) atoms. The van der Waals surface area contributed by atoms with Crippen LogP contribution in [0.25, 0.3) is 0 Å². The van der Waals surface area contributed by atoms with E-state index in [1.165, 1.54) is 51.4 Å². The van der Waals surface area contributed by atoms with E-state index in [2.05, 4.69) is 13.8 Å². The highest BCUT2D eigenvalue weighted by Crippen LogP contribution is 2.28. The molecule has 0 aromatic heterocycles. The maximum atomic E-state index is 6.10. The molecule has 1 aliphatic rings. The predicted octanol–water partition coefficient (Wildman–Crippen LogP) is 4.35. The number of rotatable bonds is 0. The van der Waals surface area contributed by atoms with E-state index in [9.17, 15) is 0 Å². The summed E-state index contributed by atoms with van der Waals surface area (Å²) in [5, 5.41) is 0. The van der Waals surface area contributed by atoms with E-state index in [-0.39, 0.29) is 0 Å². The zero-order valence-electron chi connectivity index (χ0n) is 9.97. The molecule has 0 heterocycles. The van der Waals surface area contributed by atoms with Crippen LogP contribution in [0.2, 0.25) is 5.82 Å². The minimum atomic E-state index is 0.471. The third-order valence-corrected chi connectivity index (χ3v) is 3.63. The molecule has 1 heteroatoms. The smallest absolute Gasteiger partial charge is 0.0699 e. The van der Waals surface area contributed by atoms with E-state index < -0.39 is 0 Å². The van der Waals surface area contributed by atoms with Gasteiger partial charge in [0.25, 0.3) is 0 Å². The van der Waals surface area contributed by atoms with E-state index in [0.29, 0.717) is 5.82 Å². The van der Waals surface area contributed by atoms with Crippen molar-refractivity contribution < 1.29 is 0 Å². The van der Waals surface area contributed by atoms with Crippen LogP contribution in [0.5, 0.6) is 0 Å². The topological polar surface area (TPSA) is 0 Å². The summed E-state index contributed by atoms with van der Waals surface area (Å²) in [5.41, 5.74) is 0. The van der Waals surface area contributed by atoms with Crippen LogP contribution in [0.15, 0.2) is 0 Å². The Morgan fingerprint density at radius 2 is 1.43 bits per heavy atom. The molecule has 1 aliphatic carbocycles. The molecular formula is C13H25B. The maximum Gasteiger partial charge on any atom is 0.0699 e. The monoisotopic (exact) mass is 192 g/mol. The first-order chi connectivity index (χ1) is 6.68. The fourth-order valence-electron chi connectivity index (χ4n) is 2.54. The van der Waals surface area contributed by atoms with Gasteiger partial charge in [0.1, 0.15) is 0 Å². The molecule has 1 rings (SSSR count). The largest absolute Gasteiger partial charge is 0.0771 e. The van der Waals surface area contributed by atoms with E-state index in [4.69, 9.17) is 7.85 Å². The molecule has 3 unspecified atom stereocenters. The molecule has 1 saturated carbocycles. The molecule has 0 bridgehead atoms. The van der Waals surface area contributed by atoms with Crippen molar-refractivity contribution in [3.63, 3.8) is 0 Å². The van der Waals surface area contributed by atoms with E-state index >= 15 is 0 Å². The van der Waals surface area contributed by atoms with Crippen LogP contribution < -0.4 is 0 Å². The van der Waals surface area contributed by atoms with Gasteiger partial charge >= 0.3 is 0 Å². The van der Waals surface area contributed by atoms with Gasteiger partial charge in [-0.05, 0) is 11.8 Å².